The molecule has 0 aliphatic carbocycles. The topological polar surface area (TPSA) is 61.4 Å². The highest BCUT2D eigenvalue weighted by Gasteiger charge is 1.93. The van der Waals surface area contributed by atoms with E-state index < -0.39 is 11.3 Å². The Kier molecular flexibility index (Phi) is 14.1. The van der Waals surface area contributed by atoms with Crippen molar-refractivity contribution in [2.24, 2.45) is 0 Å². The molecule has 0 amide bonds. The molecule has 4 nitrogen and oxygen atoms in total. The number of rotatable bonds is 13. The van der Waals surface area contributed by atoms with Gasteiger partial charge >= 0.3 is 0 Å². The lowest BCUT2D eigenvalue weighted by atomic mass is 10.1. The highest BCUT2D eigenvalue weighted by atomic mass is 32.2. The molecule has 0 rings (SSSR count). The summed E-state index contributed by atoms with van der Waals surface area (Å²) in [6, 6.07) is 0. The third kappa shape index (κ3) is 16.0. The zero-order valence-corrected chi connectivity index (χ0v) is 11.7. The molecule has 0 fully saturated rings. The monoisotopic (exact) mass is 264 g/mol. The highest BCUT2D eigenvalue weighted by Crippen LogP contribution is 2.10. The minimum Gasteiger partial charge on any atom is -0.758 e. The molecule has 0 aliphatic rings. The lowest BCUT2D eigenvalue weighted by molar-refractivity contribution is 0.0880. The van der Waals surface area contributed by atoms with Gasteiger partial charge in [-0.25, -0.2) is 0 Å². The predicted octanol–water partition coefficient (Wildman–Crippen LogP) is 3.22. The van der Waals surface area contributed by atoms with Crippen molar-refractivity contribution >= 4 is 11.3 Å². The zero-order chi connectivity index (χ0) is 12.8. The van der Waals surface area contributed by atoms with Crippen molar-refractivity contribution in [1.82, 2.24) is 4.89 Å². The van der Waals surface area contributed by atoms with Crippen molar-refractivity contribution < 1.29 is 13.6 Å². The van der Waals surface area contributed by atoms with Crippen LogP contribution >= 0.6 is 0 Å². The second-order valence-electron chi connectivity index (χ2n) is 4.35. The highest BCUT2D eigenvalue weighted by molar-refractivity contribution is 7.76. The third-order valence-corrected chi connectivity index (χ3v) is 2.98. The first-order chi connectivity index (χ1) is 8.27. The quantitative estimate of drug-likeness (QED) is 0.315. The second kappa shape index (κ2) is 14.1. The van der Waals surface area contributed by atoms with E-state index in [0.717, 1.165) is 12.8 Å². The lowest BCUT2D eigenvalue weighted by Gasteiger charge is -2.07. The summed E-state index contributed by atoms with van der Waals surface area (Å²) in [4.78, 5) is 6.60. The Morgan fingerprint density at radius 3 is 1.88 bits per heavy atom. The molecular formula is C12H26NO3S-. The van der Waals surface area contributed by atoms with Crippen LogP contribution in [0.5, 0.6) is 0 Å². The number of hydrogen-bond donors (Lipinski definition) is 1. The van der Waals surface area contributed by atoms with E-state index in [0.29, 0.717) is 6.61 Å². The van der Waals surface area contributed by atoms with E-state index in [1.807, 2.05) is 4.89 Å². The molecular weight excluding hydrogens is 238 g/mol. The van der Waals surface area contributed by atoms with E-state index in [2.05, 4.69) is 6.92 Å². The van der Waals surface area contributed by atoms with Crippen molar-refractivity contribution in [1.29, 1.82) is 0 Å². The van der Waals surface area contributed by atoms with Gasteiger partial charge in [0, 0.05) is 11.3 Å². The Bertz CT molecular complexity index is 179. The van der Waals surface area contributed by atoms with Crippen LogP contribution in [-0.4, -0.2) is 15.4 Å². The van der Waals surface area contributed by atoms with Gasteiger partial charge in [-0.3, -0.25) is 9.05 Å². The summed E-state index contributed by atoms with van der Waals surface area (Å²) < 4.78 is 20.1. The van der Waals surface area contributed by atoms with Crippen molar-refractivity contribution in [2.75, 3.05) is 6.61 Å². The molecule has 0 saturated carbocycles. The lowest BCUT2D eigenvalue weighted by Crippen LogP contribution is -2.17. The molecule has 0 aromatic carbocycles. The Morgan fingerprint density at radius 2 is 1.41 bits per heavy atom. The van der Waals surface area contributed by atoms with Crippen LogP contribution in [0.4, 0.5) is 0 Å². The first kappa shape index (κ1) is 17.0. The molecule has 0 aromatic rings. The molecule has 1 unspecified atom stereocenters. The van der Waals surface area contributed by atoms with Gasteiger partial charge in [-0.05, 0) is 6.42 Å². The summed E-state index contributed by atoms with van der Waals surface area (Å²) in [5.41, 5.74) is 0. The molecule has 17 heavy (non-hydrogen) atoms. The van der Waals surface area contributed by atoms with Crippen LogP contribution in [0.15, 0.2) is 0 Å². The maximum Gasteiger partial charge on any atom is 0.0693 e. The SMILES string of the molecule is CCCCCCCCCCCCONS(=O)[O-]. The molecule has 0 saturated heterocycles. The fourth-order valence-corrected chi connectivity index (χ4v) is 1.93. The van der Waals surface area contributed by atoms with Crippen LogP contribution in [0, 0.1) is 0 Å². The largest absolute Gasteiger partial charge is 0.758 e. The molecule has 1 atom stereocenters. The predicted molar refractivity (Wildman–Crippen MR) is 69.9 cm³/mol. The van der Waals surface area contributed by atoms with Crippen molar-refractivity contribution in [3.8, 4) is 0 Å². The van der Waals surface area contributed by atoms with Crippen molar-refractivity contribution in [2.45, 2.75) is 71.1 Å². The average molecular weight is 264 g/mol. The Labute approximate surface area is 108 Å². The van der Waals surface area contributed by atoms with E-state index in [1.165, 1.54) is 51.4 Å². The molecule has 0 spiro atoms. The first-order valence-corrected chi connectivity index (χ1v) is 7.81. The van der Waals surface area contributed by atoms with Gasteiger partial charge in [0.2, 0.25) is 0 Å². The van der Waals surface area contributed by atoms with Gasteiger partial charge in [-0.2, -0.15) is 0 Å². The van der Waals surface area contributed by atoms with Gasteiger partial charge in [0.25, 0.3) is 0 Å². The maximum absolute atomic E-state index is 10.0. The van der Waals surface area contributed by atoms with Gasteiger partial charge < -0.3 is 4.55 Å². The minimum absolute atomic E-state index is 0.463. The zero-order valence-electron chi connectivity index (χ0n) is 10.9. The van der Waals surface area contributed by atoms with E-state index in [4.69, 9.17) is 4.84 Å². The number of hydrogen-bond acceptors (Lipinski definition) is 3. The van der Waals surface area contributed by atoms with Crippen LogP contribution in [0.25, 0.3) is 0 Å². The molecule has 0 radical (unpaired) electrons. The molecule has 0 heterocycles. The summed E-state index contributed by atoms with van der Waals surface area (Å²) >= 11 is -2.30. The van der Waals surface area contributed by atoms with Gasteiger partial charge in [0.1, 0.15) is 0 Å². The van der Waals surface area contributed by atoms with Crippen LogP contribution in [0.2, 0.25) is 0 Å². The molecule has 104 valence electrons. The van der Waals surface area contributed by atoms with E-state index in [-0.39, 0.29) is 0 Å². The number of unbranched alkanes of at least 4 members (excludes halogenated alkanes) is 9. The summed E-state index contributed by atoms with van der Waals surface area (Å²) in [5, 5.41) is 0. The Hall–Kier alpha value is 0.0300. The van der Waals surface area contributed by atoms with Gasteiger partial charge in [-0.1, -0.05) is 64.7 Å². The summed E-state index contributed by atoms with van der Waals surface area (Å²) in [6.45, 7) is 2.70. The van der Waals surface area contributed by atoms with E-state index in [9.17, 15) is 8.76 Å². The molecule has 1 N–H and O–H groups in total. The van der Waals surface area contributed by atoms with Crippen LogP contribution in [-0.2, 0) is 16.1 Å². The Morgan fingerprint density at radius 1 is 0.941 bits per heavy atom. The molecule has 0 bridgehead atoms. The van der Waals surface area contributed by atoms with Crippen LogP contribution in [0.3, 0.4) is 0 Å². The first-order valence-electron chi connectivity index (χ1n) is 6.74. The summed E-state index contributed by atoms with van der Waals surface area (Å²) in [5.74, 6) is 0. The van der Waals surface area contributed by atoms with E-state index in [1.54, 1.807) is 0 Å². The second-order valence-corrected chi connectivity index (χ2v) is 4.98. The maximum atomic E-state index is 10.0. The number of nitrogens with one attached hydrogen (secondary N) is 1. The van der Waals surface area contributed by atoms with Gasteiger partial charge in [-0.15, -0.1) is 4.89 Å². The van der Waals surface area contributed by atoms with E-state index >= 15 is 0 Å². The standard InChI is InChI=1S/C12H27NO3S/c1-2-3-4-5-6-7-8-9-10-11-12-16-13-17(14)15/h13H,2-12H2,1H3,(H,14,15)/p-1. The molecule has 5 heteroatoms. The molecule has 0 aromatic heterocycles. The normalized spacial score (nSPS) is 12.8. The fourth-order valence-electron chi connectivity index (χ4n) is 1.75. The van der Waals surface area contributed by atoms with Crippen molar-refractivity contribution in [3.05, 3.63) is 0 Å². The summed E-state index contributed by atoms with van der Waals surface area (Å²) in [6.07, 6.45) is 12.6. The van der Waals surface area contributed by atoms with Gasteiger partial charge in [0.15, 0.2) is 0 Å². The average Bonchev–Trinajstić information content (AvgIpc) is 2.30. The van der Waals surface area contributed by atoms with Gasteiger partial charge in [0.05, 0.1) is 6.61 Å². The van der Waals surface area contributed by atoms with Crippen LogP contribution < -0.4 is 4.89 Å². The Balaban J connectivity index is 2.91. The third-order valence-electron chi connectivity index (χ3n) is 2.73. The molecule has 0 aliphatic heterocycles. The van der Waals surface area contributed by atoms with Crippen LogP contribution in [0.1, 0.15) is 71.1 Å². The fraction of sp³-hybridized carbons (Fsp3) is 1.00. The summed E-state index contributed by atoms with van der Waals surface area (Å²) in [7, 11) is 0. The smallest absolute Gasteiger partial charge is 0.0693 e. The minimum atomic E-state index is -2.30. The van der Waals surface area contributed by atoms with Crippen molar-refractivity contribution in [3.63, 3.8) is 0 Å².